The first-order valence-electron chi connectivity index (χ1n) is 20.0. The van der Waals surface area contributed by atoms with Gasteiger partial charge in [-0.1, -0.05) is 90.9 Å². The lowest BCUT2D eigenvalue weighted by Gasteiger charge is -2.46. The van der Waals surface area contributed by atoms with Crippen LogP contribution in [-0.2, 0) is 33.2 Å². The highest BCUT2D eigenvalue weighted by atomic mass is 16.8. The van der Waals surface area contributed by atoms with E-state index in [1.54, 1.807) is 0 Å². The van der Waals surface area contributed by atoms with Crippen LogP contribution in [-0.4, -0.2) is 183 Å². The highest BCUT2D eigenvalue weighted by Crippen LogP contribution is 2.31. The van der Waals surface area contributed by atoms with Crippen LogP contribution in [0.5, 0.6) is 0 Å². The molecule has 3 heterocycles. The zero-order valence-corrected chi connectivity index (χ0v) is 32.0. The van der Waals surface area contributed by atoms with Gasteiger partial charge in [0.15, 0.2) is 18.9 Å². The van der Waals surface area contributed by atoms with Crippen molar-refractivity contribution in [2.75, 3.05) is 39.6 Å². The topological polar surface area (TPSA) is 267 Å². The van der Waals surface area contributed by atoms with Gasteiger partial charge in [0.05, 0.1) is 33.0 Å². The molecule has 0 bridgehead atoms. The molecule has 10 N–H and O–H groups in total. The Morgan fingerprint density at radius 2 is 1.15 bits per heavy atom. The summed E-state index contributed by atoms with van der Waals surface area (Å²) >= 11 is 0. The van der Waals surface area contributed by atoms with Crippen LogP contribution in [0.2, 0.25) is 0 Å². The van der Waals surface area contributed by atoms with E-state index in [-0.39, 0.29) is 19.8 Å². The number of hydrogen-bond acceptors (Lipinski definition) is 17. The van der Waals surface area contributed by atoms with Gasteiger partial charge in [-0.05, 0) is 12.3 Å². The monoisotopic (exact) mass is 786 g/mol. The van der Waals surface area contributed by atoms with E-state index in [9.17, 15) is 51.1 Å². The number of aliphatic hydroxyl groups is 10. The summed E-state index contributed by atoms with van der Waals surface area (Å²) in [5.41, 5.74) is 0. The summed E-state index contributed by atoms with van der Waals surface area (Å²) in [6, 6.07) is 0. The van der Waals surface area contributed by atoms with Gasteiger partial charge in [-0.2, -0.15) is 0 Å². The molecule has 3 fully saturated rings. The molecule has 0 aromatic heterocycles. The molecular formula is C37H70O17. The molecular weight excluding hydrogens is 716 g/mol. The molecule has 16 atom stereocenters. The number of rotatable bonds is 26. The van der Waals surface area contributed by atoms with Crippen molar-refractivity contribution in [3.8, 4) is 0 Å². The third kappa shape index (κ3) is 14.9. The first-order chi connectivity index (χ1) is 25.9. The SMILES string of the molecule is CCCCCCC(C)CCCCCCCCCOC[C@H](CO[C@@H]1OC[C@@H](O)[C@H](O)[C@H]1O)O[C@@H]1O[C@H](CO)[C@@H](O)[C@H](O)[C@H]1O[C@@H]1O[C@H](CO)[C@@H](O)[C@H](O)[C@H]1O. The molecule has 0 saturated carbocycles. The second kappa shape index (κ2) is 25.6. The molecule has 1 unspecified atom stereocenters. The normalized spacial score (nSPS) is 37.3. The smallest absolute Gasteiger partial charge is 0.187 e. The van der Waals surface area contributed by atoms with Crippen LogP contribution < -0.4 is 0 Å². The zero-order chi connectivity index (χ0) is 39.6. The Morgan fingerprint density at radius 1 is 0.593 bits per heavy atom. The average Bonchev–Trinajstić information content (AvgIpc) is 3.16. The third-order valence-corrected chi connectivity index (χ3v) is 10.5. The molecule has 3 aliphatic rings. The minimum absolute atomic E-state index is 0.0975. The summed E-state index contributed by atoms with van der Waals surface area (Å²) in [7, 11) is 0. The van der Waals surface area contributed by atoms with Crippen LogP contribution in [0.15, 0.2) is 0 Å². The molecule has 3 saturated heterocycles. The van der Waals surface area contributed by atoms with E-state index in [0.717, 1.165) is 31.6 Å². The molecule has 0 aromatic rings. The van der Waals surface area contributed by atoms with Gasteiger partial charge in [-0.25, -0.2) is 0 Å². The molecule has 0 aliphatic carbocycles. The molecule has 0 aromatic carbocycles. The van der Waals surface area contributed by atoms with Crippen LogP contribution in [0.1, 0.15) is 97.3 Å². The van der Waals surface area contributed by atoms with Gasteiger partial charge in [0.1, 0.15) is 73.2 Å². The van der Waals surface area contributed by atoms with E-state index < -0.39 is 105 Å². The number of aliphatic hydroxyl groups excluding tert-OH is 10. The highest BCUT2D eigenvalue weighted by molar-refractivity contribution is 4.94. The second-order valence-electron chi connectivity index (χ2n) is 15.1. The van der Waals surface area contributed by atoms with E-state index in [0.29, 0.717) is 6.61 Å². The van der Waals surface area contributed by atoms with Gasteiger partial charge in [-0.3, -0.25) is 0 Å². The maximum Gasteiger partial charge on any atom is 0.187 e. The van der Waals surface area contributed by atoms with Crippen molar-refractivity contribution < 1.29 is 84.2 Å². The summed E-state index contributed by atoms with van der Waals surface area (Å²) in [4.78, 5) is 0. The standard InChI is InChI=1S/C37H70O17/c1-3-4-5-11-14-22(2)15-12-9-7-6-8-10-13-16-48-19-23(20-49-35-32(46)27(41)24(40)21-50-35)51-37-34(31(45)29(43)26(18-39)53-37)54-36-33(47)30(44)28(42)25(17-38)52-36/h22-47H,3-21H2,1-2H3/t22?,23-,24-,25-,26-,27+,28-,29-,30+,31+,32-,33-,34-,35-,36+,37-/m1/s1. The van der Waals surface area contributed by atoms with Crippen molar-refractivity contribution in [2.24, 2.45) is 5.92 Å². The van der Waals surface area contributed by atoms with Crippen molar-refractivity contribution in [1.29, 1.82) is 0 Å². The van der Waals surface area contributed by atoms with Crippen molar-refractivity contribution >= 4 is 0 Å². The lowest BCUT2D eigenvalue weighted by Crippen LogP contribution is -2.65. The molecule has 3 rings (SSSR count). The van der Waals surface area contributed by atoms with Gasteiger partial charge in [-0.15, -0.1) is 0 Å². The Labute approximate surface area is 319 Å². The lowest BCUT2D eigenvalue weighted by atomic mass is 9.96. The molecule has 320 valence electrons. The van der Waals surface area contributed by atoms with Gasteiger partial charge >= 0.3 is 0 Å². The van der Waals surface area contributed by atoms with Gasteiger partial charge in [0, 0.05) is 6.61 Å². The maximum absolute atomic E-state index is 11.0. The Balaban J connectivity index is 1.54. The third-order valence-electron chi connectivity index (χ3n) is 10.5. The van der Waals surface area contributed by atoms with Crippen molar-refractivity contribution in [1.82, 2.24) is 0 Å². The number of unbranched alkanes of at least 4 members (excludes halogenated alkanes) is 9. The van der Waals surface area contributed by atoms with Crippen LogP contribution >= 0.6 is 0 Å². The highest BCUT2D eigenvalue weighted by Gasteiger charge is 2.51. The Bertz CT molecular complexity index is 966. The van der Waals surface area contributed by atoms with E-state index in [1.807, 2.05) is 0 Å². The molecule has 17 nitrogen and oxygen atoms in total. The largest absolute Gasteiger partial charge is 0.394 e. The Hall–Kier alpha value is -0.680. The summed E-state index contributed by atoms with van der Waals surface area (Å²) in [5.74, 6) is 0.787. The first kappa shape index (κ1) is 47.7. The van der Waals surface area contributed by atoms with E-state index >= 15 is 0 Å². The average molecular weight is 787 g/mol. The number of hydrogen-bond donors (Lipinski definition) is 10. The van der Waals surface area contributed by atoms with E-state index in [1.165, 1.54) is 57.8 Å². The van der Waals surface area contributed by atoms with E-state index in [2.05, 4.69) is 13.8 Å². The van der Waals surface area contributed by atoms with E-state index in [4.69, 9.17) is 33.2 Å². The molecule has 0 amide bonds. The molecule has 54 heavy (non-hydrogen) atoms. The second-order valence-corrected chi connectivity index (χ2v) is 15.1. The maximum atomic E-state index is 11.0. The van der Waals surface area contributed by atoms with Crippen molar-refractivity contribution in [2.45, 2.75) is 189 Å². The fourth-order valence-electron chi connectivity index (χ4n) is 6.95. The lowest BCUT2D eigenvalue weighted by molar-refractivity contribution is -0.374. The van der Waals surface area contributed by atoms with Gasteiger partial charge in [0.25, 0.3) is 0 Å². The first-order valence-corrected chi connectivity index (χ1v) is 20.0. The molecule has 3 aliphatic heterocycles. The summed E-state index contributed by atoms with van der Waals surface area (Å²) < 4.78 is 40.0. The summed E-state index contributed by atoms with van der Waals surface area (Å²) in [5, 5.41) is 102. The van der Waals surface area contributed by atoms with Gasteiger partial charge < -0.3 is 84.2 Å². The van der Waals surface area contributed by atoms with Crippen LogP contribution in [0.4, 0.5) is 0 Å². The summed E-state index contributed by atoms with van der Waals surface area (Å²) in [6.45, 7) is 2.79. The van der Waals surface area contributed by atoms with Gasteiger partial charge in [0.2, 0.25) is 0 Å². The minimum atomic E-state index is -1.84. The zero-order valence-electron chi connectivity index (χ0n) is 32.0. The fourth-order valence-corrected chi connectivity index (χ4v) is 6.95. The van der Waals surface area contributed by atoms with Crippen LogP contribution in [0, 0.1) is 5.92 Å². The number of ether oxygens (including phenoxy) is 7. The van der Waals surface area contributed by atoms with Crippen LogP contribution in [0.25, 0.3) is 0 Å². The predicted octanol–water partition coefficient (Wildman–Crippen LogP) is -0.805. The molecule has 0 radical (unpaired) electrons. The Morgan fingerprint density at radius 3 is 1.78 bits per heavy atom. The molecule has 0 spiro atoms. The quantitative estimate of drug-likeness (QED) is 0.0481. The molecule has 17 heteroatoms. The van der Waals surface area contributed by atoms with Crippen molar-refractivity contribution in [3.63, 3.8) is 0 Å². The van der Waals surface area contributed by atoms with Crippen LogP contribution in [0.3, 0.4) is 0 Å². The van der Waals surface area contributed by atoms with Crippen molar-refractivity contribution in [3.05, 3.63) is 0 Å². The fraction of sp³-hybridized carbons (Fsp3) is 1.00. The predicted molar refractivity (Wildman–Crippen MR) is 191 cm³/mol. The summed E-state index contributed by atoms with van der Waals surface area (Å²) in [6.07, 6.45) is -7.63. The minimum Gasteiger partial charge on any atom is -0.394 e. The Kier molecular flexibility index (Phi) is 22.6.